The molecule has 1 rings (SSSR count). The summed E-state index contributed by atoms with van der Waals surface area (Å²) in [5.74, 6) is 0.728. The highest BCUT2D eigenvalue weighted by atomic mass is 79.9. The van der Waals surface area contributed by atoms with E-state index >= 15 is 0 Å². The molecule has 0 aliphatic rings. The highest BCUT2D eigenvalue weighted by molar-refractivity contribution is 9.10. The minimum absolute atomic E-state index is 0.434. The van der Waals surface area contributed by atoms with Crippen molar-refractivity contribution in [2.24, 2.45) is 5.92 Å². The van der Waals surface area contributed by atoms with Gasteiger partial charge in [-0.25, -0.2) is 0 Å². The van der Waals surface area contributed by atoms with Gasteiger partial charge in [-0.15, -0.1) is 11.3 Å². The van der Waals surface area contributed by atoms with Crippen LogP contribution in [0.4, 0.5) is 0 Å². The lowest BCUT2D eigenvalue weighted by atomic mass is 10.00. The van der Waals surface area contributed by atoms with Crippen LogP contribution in [0.25, 0.3) is 0 Å². The first-order chi connectivity index (χ1) is 7.06. The fraction of sp³-hybridized carbons (Fsp3) is 0.667. The molecule has 0 spiro atoms. The molecule has 0 saturated carbocycles. The Morgan fingerprint density at radius 1 is 1.40 bits per heavy atom. The Bertz CT molecular complexity index is 298. The summed E-state index contributed by atoms with van der Waals surface area (Å²) in [6, 6.07) is 3.12. The zero-order chi connectivity index (χ0) is 11.4. The molecule has 1 nitrogen and oxygen atoms in total. The van der Waals surface area contributed by atoms with Gasteiger partial charge in [-0.1, -0.05) is 20.3 Å². The predicted octanol–water partition coefficient (Wildman–Crippen LogP) is 4.60. The lowest BCUT2D eigenvalue weighted by molar-refractivity contribution is 0.362. The zero-order valence-corrected chi connectivity index (χ0v) is 12.3. The van der Waals surface area contributed by atoms with Crippen molar-refractivity contribution in [1.29, 1.82) is 0 Å². The van der Waals surface area contributed by atoms with Crippen molar-refractivity contribution < 1.29 is 0 Å². The van der Waals surface area contributed by atoms with Crippen molar-refractivity contribution in [3.63, 3.8) is 0 Å². The number of thiophene rings is 1. The molecule has 0 radical (unpaired) electrons. The average molecular weight is 290 g/mol. The second-order valence-corrected chi connectivity index (χ2v) is 6.00. The number of halogens is 1. The molecule has 3 atom stereocenters. The van der Waals surface area contributed by atoms with Gasteiger partial charge in [-0.05, 0) is 47.1 Å². The largest absolute Gasteiger partial charge is 0.307 e. The predicted molar refractivity (Wildman–Crippen MR) is 72.5 cm³/mol. The van der Waals surface area contributed by atoms with Crippen LogP contribution in [0.1, 0.15) is 45.0 Å². The monoisotopic (exact) mass is 289 g/mol. The van der Waals surface area contributed by atoms with Gasteiger partial charge in [0.05, 0.1) is 0 Å². The first-order valence-corrected chi connectivity index (χ1v) is 7.22. The third kappa shape index (κ3) is 3.58. The summed E-state index contributed by atoms with van der Waals surface area (Å²) in [5.41, 5.74) is 0. The van der Waals surface area contributed by atoms with Gasteiger partial charge in [0.25, 0.3) is 0 Å². The van der Waals surface area contributed by atoms with E-state index in [9.17, 15) is 0 Å². The number of rotatable bonds is 5. The van der Waals surface area contributed by atoms with Gasteiger partial charge >= 0.3 is 0 Å². The molecule has 86 valence electrons. The van der Waals surface area contributed by atoms with Crippen molar-refractivity contribution in [2.75, 3.05) is 0 Å². The molecular formula is C12H20BrNS. The van der Waals surface area contributed by atoms with E-state index in [-0.39, 0.29) is 0 Å². The van der Waals surface area contributed by atoms with Crippen LogP contribution in [0, 0.1) is 5.92 Å². The number of nitrogens with one attached hydrogen (secondary N) is 1. The molecule has 1 N–H and O–H groups in total. The first kappa shape index (κ1) is 13.2. The lowest BCUT2D eigenvalue weighted by Gasteiger charge is -2.24. The summed E-state index contributed by atoms with van der Waals surface area (Å²) < 4.78 is 1.23. The van der Waals surface area contributed by atoms with Gasteiger partial charge in [-0.2, -0.15) is 0 Å². The van der Waals surface area contributed by atoms with E-state index in [4.69, 9.17) is 0 Å². The maximum absolute atomic E-state index is 3.65. The van der Waals surface area contributed by atoms with Crippen molar-refractivity contribution in [3.8, 4) is 0 Å². The molecule has 3 heteroatoms. The molecule has 0 aromatic carbocycles. The summed E-state index contributed by atoms with van der Waals surface area (Å²) >= 11 is 5.39. The Kier molecular flexibility index (Phi) is 5.30. The van der Waals surface area contributed by atoms with Gasteiger partial charge in [0.2, 0.25) is 0 Å². The maximum Gasteiger partial charge on any atom is 0.0399 e. The van der Waals surface area contributed by atoms with Gasteiger partial charge in [0.15, 0.2) is 0 Å². The van der Waals surface area contributed by atoms with Crippen LogP contribution in [-0.4, -0.2) is 6.04 Å². The Morgan fingerprint density at radius 3 is 2.53 bits per heavy atom. The average Bonchev–Trinajstić information content (AvgIpc) is 2.63. The second kappa shape index (κ2) is 6.02. The van der Waals surface area contributed by atoms with E-state index in [2.05, 4.69) is 60.4 Å². The van der Waals surface area contributed by atoms with Crippen LogP contribution < -0.4 is 5.32 Å². The van der Waals surface area contributed by atoms with E-state index in [1.165, 1.54) is 15.8 Å². The minimum Gasteiger partial charge on any atom is -0.307 e. The molecular weight excluding hydrogens is 270 g/mol. The third-order valence-electron chi connectivity index (χ3n) is 3.05. The Morgan fingerprint density at radius 2 is 2.07 bits per heavy atom. The van der Waals surface area contributed by atoms with E-state index in [1.807, 2.05) is 11.3 Å². The molecule has 3 unspecified atom stereocenters. The van der Waals surface area contributed by atoms with Gasteiger partial charge in [0.1, 0.15) is 0 Å². The molecule has 0 amide bonds. The highest BCUT2D eigenvalue weighted by Gasteiger charge is 2.16. The van der Waals surface area contributed by atoms with E-state index in [0.717, 1.165) is 5.92 Å². The minimum atomic E-state index is 0.434. The van der Waals surface area contributed by atoms with E-state index in [0.29, 0.717) is 12.1 Å². The highest BCUT2D eigenvalue weighted by Crippen LogP contribution is 2.29. The van der Waals surface area contributed by atoms with Crippen LogP contribution in [0.2, 0.25) is 0 Å². The lowest BCUT2D eigenvalue weighted by Crippen LogP contribution is -2.33. The summed E-state index contributed by atoms with van der Waals surface area (Å²) in [7, 11) is 0. The fourth-order valence-electron chi connectivity index (χ4n) is 1.60. The molecule has 0 fully saturated rings. The SMILES string of the molecule is CCC(C)C(C)NC(C)c1sccc1Br. The Hall–Kier alpha value is 0.140. The molecule has 0 bridgehead atoms. The summed E-state index contributed by atoms with van der Waals surface area (Å²) in [4.78, 5) is 1.39. The maximum atomic E-state index is 3.65. The van der Waals surface area contributed by atoms with E-state index in [1.54, 1.807) is 0 Å². The second-order valence-electron chi connectivity index (χ2n) is 4.20. The summed E-state index contributed by atoms with van der Waals surface area (Å²) in [6.07, 6.45) is 1.23. The molecule has 0 aliphatic heterocycles. The van der Waals surface area contributed by atoms with Crippen molar-refractivity contribution in [1.82, 2.24) is 5.32 Å². The Labute approximate surface area is 105 Å². The third-order valence-corrected chi connectivity index (χ3v) is 5.10. The van der Waals surface area contributed by atoms with Crippen molar-refractivity contribution >= 4 is 27.3 Å². The van der Waals surface area contributed by atoms with E-state index < -0.39 is 0 Å². The van der Waals surface area contributed by atoms with Crippen molar-refractivity contribution in [3.05, 3.63) is 20.8 Å². The molecule has 15 heavy (non-hydrogen) atoms. The molecule has 0 saturated heterocycles. The topological polar surface area (TPSA) is 12.0 Å². The normalized spacial score (nSPS) is 17.4. The van der Waals surface area contributed by atoms with Crippen molar-refractivity contribution in [2.45, 2.75) is 46.2 Å². The molecule has 1 heterocycles. The summed E-state index contributed by atoms with van der Waals surface area (Å²) in [5, 5.41) is 5.78. The molecule has 1 aromatic rings. The zero-order valence-electron chi connectivity index (χ0n) is 9.88. The van der Waals surface area contributed by atoms with Gasteiger partial charge < -0.3 is 5.32 Å². The standard InChI is InChI=1S/C12H20BrNS/c1-5-8(2)9(3)14-10(4)12-11(13)6-7-15-12/h6-10,14H,5H2,1-4H3. The summed E-state index contributed by atoms with van der Waals surface area (Å²) in [6.45, 7) is 9.05. The van der Waals surface area contributed by atoms with Crippen LogP contribution in [0.5, 0.6) is 0 Å². The molecule has 1 aromatic heterocycles. The van der Waals surface area contributed by atoms with Crippen LogP contribution >= 0.6 is 27.3 Å². The first-order valence-electron chi connectivity index (χ1n) is 5.55. The smallest absolute Gasteiger partial charge is 0.0399 e. The fourth-order valence-corrected chi connectivity index (χ4v) is 3.34. The van der Waals surface area contributed by atoms with Crippen LogP contribution in [0.3, 0.4) is 0 Å². The van der Waals surface area contributed by atoms with Crippen LogP contribution in [0.15, 0.2) is 15.9 Å². The number of hydrogen-bond donors (Lipinski definition) is 1. The van der Waals surface area contributed by atoms with Gasteiger partial charge in [-0.3, -0.25) is 0 Å². The quantitative estimate of drug-likeness (QED) is 0.836. The van der Waals surface area contributed by atoms with Crippen LogP contribution in [-0.2, 0) is 0 Å². The Balaban J connectivity index is 2.56. The molecule has 0 aliphatic carbocycles. The van der Waals surface area contributed by atoms with Gasteiger partial charge in [0, 0.05) is 21.4 Å². The number of hydrogen-bond acceptors (Lipinski definition) is 2.